The number of likely N-dealkylation sites (N-methyl/N-ethyl adjacent to an activating group) is 1. The molecule has 160 valence electrons. The van der Waals surface area contributed by atoms with Crippen molar-refractivity contribution in [2.75, 3.05) is 76.3 Å². The van der Waals surface area contributed by atoms with E-state index in [1.807, 2.05) is 19.3 Å². The largest absolute Gasteiger partial charge is 0.368 e. The van der Waals surface area contributed by atoms with Crippen LogP contribution < -0.4 is 15.1 Å². The first-order valence-corrected chi connectivity index (χ1v) is 10.9. The van der Waals surface area contributed by atoms with Gasteiger partial charge in [-0.2, -0.15) is 0 Å². The summed E-state index contributed by atoms with van der Waals surface area (Å²) in [7, 11) is 4.05. The van der Waals surface area contributed by atoms with Crippen LogP contribution in [0.25, 0.3) is 0 Å². The average Bonchev–Trinajstić information content (AvgIpc) is 2.81. The smallest absolute Gasteiger partial charge is 0.194 e. The molecule has 7 heteroatoms. The summed E-state index contributed by atoms with van der Waals surface area (Å²) in [6.07, 6.45) is 1.90. The van der Waals surface area contributed by atoms with Gasteiger partial charge in [-0.25, -0.2) is 4.98 Å². The number of hydrogen-bond acceptors (Lipinski definition) is 5. The summed E-state index contributed by atoms with van der Waals surface area (Å²) < 4.78 is 0. The predicted octanol–water partition coefficient (Wildman–Crippen LogP) is 1.73. The zero-order valence-electron chi connectivity index (χ0n) is 18.2. The second kappa shape index (κ2) is 9.80. The molecule has 0 saturated carbocycles. The van der Waals surface area contributed by atoms with Gasteiger partial charge < -0.3 is 24.9 Å². The van der Waals surface area contributed by atoms with Crippen molar-refractivity contribution >= 4 is 17.5 Å². The summed E-state index contributed by atoms with van der Waals surface area (Å²) in [5, 5.41) is 3.58. The van der Waals surface area contributed by atoms with Gasteiger partial charge in [-0.3, -0.25) is 4.99 Å². The molecule has 30 heavy (non-hydrogen) atoms. The van der Waals surface area contributed by atoms with Gasteiger partial charge in [0.2, 0.25) is 0 Å². The first-order valence-electron chi connectivity index (χ1n) is 10.9. The highest BCUT2D eigenvalue weighted by atomic mass is 15.3. The number of hydrogen-bond donors (Lipinski definition) is 1. The Morgan fingerprint density at radius 3 is 2.30 bits per heavy atom. The van der Waals surface area contributed by atoms with Crippen LogP contribution in [0.5, 0.6) is 0 Å². The van der Waals surface area contributed by atoms with E-state index in [9.17, 15) is 0 Å². The van der Waals surface area contributed by atoms with Crippen LogP contribution in [-0.2, 0) is 6.54 Å². The lowest BCUT2D eigenvalue weighted by atomic mass is 10.2. The Hall–Kier alpha value is -2.80. The van der Waals surface area contributed by atoms with Crippen molar-refractivity contribution in [1.82, 2.24) is 20.1 Å². The highest BCUT2D eigenvalue weighted by molar-refractivity contribution is 5.80. The minimum Gasteiger partial charge on any atom is -0.368 e. The van der Waals surface area contributed by atoms with Gasteiger partial charge in [0.15, 0.2) is 5.96 Å². The molecular weight excluding hydrogens is 374 g/mol. The number of para-hydroxylation sites is 1. The Kier molecular flexibility index (Phi) is 6.69. The molecule has 0 radical (unpaired) electrons. The molecule has 1 aromatic carbocycles. The molecule has 0 atom stereocenters. The van der Waals surface area contributed by atoms with E-state index in [1.165, 1.54) is 11.3 Å². The van der Waals surface area contributed by atoms with E-state index in [4.69, 9.17) is 4.98 Å². The monoisotopic (exact) mass is 407 g/mol. The summed E-state index contributed by atoms with van der Waals surface area (Å²) in [6, 6.07) is 14.9. The average molecular weight is 408 g/mol. The van der Waals surface area contributed by atoms with Crippen molar-refractivity contribution in [2.24, 2.45) is 4.99 Å². The van der Waals surface area contributed by atoms with Crippen molar-refractivity contribution < 1.29 is 0 Å². The number of rotatable bonds is 4. The third kappa shape index (κ3) is 4.84. The SMILES string of the molecule is CN=C(NCc1cccnc1N1CCN(C)CC1)N1CCN(c2ccccc2)CC1. The molecule has 1 N–H and O–H groups in total. The minimum atomic E-state index is 0.737. The van der Waals surface area contributed by atoms with Crippen LogP contribution in [0, 0.1) is 0 Å². The molecule has 0 bridgehead atoms. The van der Waals surface area contributed by atoms with Crippen LogP contribution in [0.4, 0.5) is 11.5 Å². The molecule has 1 aromatic heterocycles. The maximum atomic E-state index is 4.69. The minimum absolute atomic E-state index is 0.737. The summed E-state index contributed by atoms with van der Waals surface area (Å²) in [4.78, 5) is 18.8. The van der Waals surface area contributed by atoms with Gasteiger partial charge in [-0.15, -0.1) is 0 Å². The number of aromatic nitrogens is 1. The summed E-state index contributed by atoms with van der Waals surface area (Å²) in [5.41, 5.74) is 2.53. The predicted molar refractivity (Wildman–Crippen MR) is 124 cm³/mol. The van der Waals surface area contributed by atoms with Crippen molar-refractivity contribution in [3.05, 3.63) is 54.2 Å². The van der Waals surface area contributed by atoms with Gasteiger partial charge in [0.1, 0.15) is 5.82 Å². The lowest BCUT2D eigenvalue weighted by molar-refractivity contribution is 0.311. The van der Waals surface area contributed by atoms with E-state index in [0.29, 0.717) is 0 Å². The Labute approximate surface area is 180 Å². The zero-order chi connectivity index (χ0) is 20.8. The van der Waals surface area contributed by atoms with Crippen LogP contribution >= 0.6 is 0 Å². The van der Waals surface area contributed by atoms with E-state index >= 15 is 0 Å². The summed E-state index contributed by atoms with van der Waals surface area (Å²) in [5.74, 6) is 2.07. The maximum Gasteiger partial charge on any atom is 0.194 e. The fourth-order valence-corrected chi connectivity index (χ4v) is 4.19. The Bertz CT molecular complexity index is 822. The van der Waals surface area contributed by atoms with Crippen LogP contribution in [-0.4, -0.2) is 87.2 Å². The lowest BCUT2D eigenvalue weighted by Crippen LogP contribution is -2.52. The Morgan fingerprint density at radius 1 is 0.900 bits per heavy atom. The molecule has 2 aromatic rings. The number of nitrogens with one attached hydrogen (secondary N) is 1. The molecule has 0 unspecified atom stereocenters. The number of pyridine rings is 1. The normalized spacial score (nSPS) is 18.6. The quantitative estimate of drug-likeness (QED) is 0.615. The molecular formula is C23H33N7. The van der Waals surface area contributed by atoms with Gasteiger partial charge in [-0.05, 0) is 25.2 Å². The van der Waals surface area contributed by atoms with Gasteiger partial charge >= 0.3 is 0 Å². The number of piperazine rings is 2. The van der Waals surface area contributed by atoms with Crippen LogP contribution in [0.1, 0.15) is 5.56 Å². The van der Waals surface area contributed by atoms with Crippen molar-refractivity contribution in [3.8, 4) is 0 Å². The third-order valence-electron chi connectivity index (χ3n) is 6.02. The van der Waals surface area contributed by atoms with E-state index in [2.05, 4.69) is 73.4 Å². The van der Waals surface area contributed by atoms with Crippen LogP contribution in [0.3, 0.4) is 0 Å². The topological polar surface area (TPSA) is 50.2 Å². The maximum absolute atomic E-state index is 4.69. The molecule has 2 aliphatic heterocycles. The second-order valence-corrected chi connectivity index (χ2v) is 7.99. The van der Waals surface area contributed by atoms with E-state index < -0.39 is 0 Å². The highest BCUT2D eigenvalue weighted by Crippen LogP contribution is 2.19. The van der Waals surface area contributed by atoms with Crippen molar-refractivity contribution in [3.63, 3.8) is 0 Å². The molecule has 7 nitrogen and oxygen atoms in total. The molecule has 2 fully saturated rings. The number of guanidine groups is 1. The number of anilines is 2. The number of aliphatic imine (C=N–C) groups is 1. The second-order valence-electron chi connectivity index (χ2n) is 7.99. The fourth-order valence-electron chi connectivity index (χ4n) is 4.19. The van der Waals surface area contributed by atoms with Gasteiger partial charge in [-0.1, -0.05) is 24.3 Å². The van der Waals surface area contributed by atoms with Gasteiger partial charge in [0.05, 0.1) is 0 Å². The molecule has 2 saturated heterocycles. The highest BCUT2D eigenvalue weighted by Gasteiger charge is 2.21. The van der Waals surface area contributed by atoms with Gasteiger partial charge in [0.25, 0.3) is 0 Å². The van der Waals surface area contributed by atoms with E-state index in [-0.39, 0.29) is 0 Å². The van der Waals surface area contributed by atoms with E-state index in [1.54, 1.807) is 0 Å². The first kappa shape index (κ1) is 20.5. The van der Waals surface area contributed by atoms with Crippen molar-refractivity contribution in [1.29, 1.82) is 0 Å². The fraction of sp³-hybridized carbons (Fsp3) is 0.478. The zero-order valence-corrected chi connectivity index (χ0v) is 18.2. The summed E-state index contributed by atoms with van der Waals surface area (Å²) in [6.45, 7) is 8.89. The molecule has 0 aliphatic carbocycles. The molecule has 0 spiro atoms. The molecule has 2 aliphatic rings. The molecule has 0 amide bonds. The number of nitrogens with zero attached hydrogens (tertiary/aromatic N) is 6. The number of benzene rings is 1. The van der Waals surface area contributed by atoms with Gasteiger partial charge in [0, 0.05) is 83.4 Å². The van der Waals surface area contributed by atoms with Crippen LogP contribution in [0.15, 0.2) is 53.7 Å². The van der Waals surface area contributed by atoms with Crippen LogP contribution in [0.2, 0.25) is 0 Å². The lowest BCUT2D eigenvalue weighted by Gasteiger charge is -2.38. The molecule has 3 heterocycles. The standard InChI is InChI=1S/C23H33N7/c1-24-23(30-17-15-28(16-18-30)21-8-4-3-5-9-21)26-19-20-7-6-10-25-22(20)29-13-11-27(2)12-14-29/h3-10H,11-19H2,1-2H3,(H,24,26). The first-order chi connectivity index (χ1) is 14.7. The Balaban J connectivity index is 1.34. The van der Waals surface area contributed by atoms with E-state index in [0.717, 1.165) is 70.7 Å². The third-order valence-corrected chi connectivity index (χ3v) is 6.02. The van der Waals surface area contributed by atoms with Crippen molar-refractivity contribution in [2.45, 2.75) is 6.54 Å². The molecule has 4 rings (SSSR count). The Morgan fingerprint density at radius 2 is 1.60 bits per heavy atom. The summed E-state index contributed by atoms with van der Waals surface area (Å²) >= 11 is 0.